The molecule has 1 N–H and O–H groups in total. The number of Topliss-reactive ketones (excluding diaryl/α,β-unsaturated/α-hetero) is 1. The lowest BCUT2D eigenvalue weighted by molar-refractivity contribution is 0.0314. The minimum atomic E-state index is -1.09. The second-order valence-corrected chi connectivity index (χ2v) is 6.31. The van der Waals surface area contributed by atoms with Crippen molar-refractivity contribution in [2.45, 2.75) is 26.9 Å². The molecule has 8 heteroatoms. The average Bonchev–Trinajstić information content (AvgIpc) is 2.94. The normalized spacial score (nSPS) is 11.6. The van der Waals surface area contributed by atoms with Gasteiger partial charge in [0.1, 0.15) is 11.3 Å². The summed E-state index contributed by atoms with van der Waals surface area (Å²) < 4.78 is 15.1. The number of ether oxygens (including phenoxy) is 3. The number of rotatable bonds is 6. The molecule has 2 rings (SSSR count). The van der Waals surface area contributed by atoms with Gasteiger partial charge in [0, 0.05) is 10.7 Å². The predicted octanol–water partition coefficient (Wildman–Crippen LogP) is 3.51. The fraction of sp³-hybridized carbons (Fsp3) is 0.316. The van der Waals surface area contributed by atoms with Crippen molar-refractivity contribution < 1.29 is 28.6 Å². The lowest BCUT2D eigenvalue weighted by Gasteiger charge is -2.14. The van der Waals surface area contributed by atoms with Crippen LogP contribution >= 0.6 is 11.6 Å². The summed E-state index contributed by atoms with van der Waals surface area (Å²) in [5.74, 6) is -1.48. The molecule has 1 aromatic heterocycles. The first-order valence-corrected chi connectivity index (χ1v) is 8.45. The van der Waals surface area contributed by atoms with Gasteiger partial charge in [0.25, 0.3) is 0 Å². The lowest BCUT2D eigenvalue weighted by atomic mass is 10.1. The third-order valence-electron chi connectivity index (χ3n) is 4.11. The van der Waals surface area contributed by atoms with Gasteiger partial charge in [0.15, 0.2) is 6.10 Å². The molecule has 0 fully saturated rings. The smallest absolute Gasteiger partial charge is 0.342 e. The predicted molar refractivity (Wildman–Crippen MR) is 98.8 cm³/mol. The van der Waals surface area contributed by atoms with Crippen LogP contribution in [0.25, 0.3) is 0 Å². The number of aromatic amines is 1. The largest absolute Gasteiger partial charge is 0.496 e. The molecule has 0 aliphatic carbocycles. The monoisotopic (exact) mass is 393 g/mol. The summed E-state index contributed by atoms with van der Waals surface area (Å²) in [5.41, 5.74) is 1.52. The Bertz CT molecular complexity index is 902. The van der Waals surface area contributed by atoms with E-state index in [0.29, 0.717) is 16.3 Å². The molecule has 0 saturated heterocycles. The van der Waals surface area contributed by atoms with Crippen LogP contribution < -0.4 is 4.74 Å². The third kappa shape index (κ3) is 4.14. The Balaban J connectivity index is 2.25. The molecule has 0 aliphatic heterocycles. The van der Waals surface area contributed by atoms with Crippen molar-refractivity contribution >= 4 is 29.3 Å². The number of aromatic nitrogens is 1. The highest BCUT2D eigenvalue weighted by molar-refractivity contribution is 6.31. The van der Waals surface area contributed by atoms with Crippen LogP contribution in [-0.4, -0.2) is 43.0 Å². The number of hydrogen-bond acceptors (Lipinski definition) is 6. The number of carbonyl (C=O) groups excluding carboxylic acids is 3. The SMILES string of the molecule is COC(=O)c1c(C)[nH]c(C(=O)[C@H](C)OC(=O)c2cc(Cl)ccc2OC)c1C. The van der Waals surface area contributed by atoms with Gasteiger partial charge in [-0.3, -0.25) is 4.79 Å². The van der Waals surface area contributed by atoms with Crippen molar-refractivity contribution in [1.82, 2.24) is 4.98 Å². The second-order valence-electron chi connectivity index (χ2n) is 5.87. The van der Waals surface area contributed by atoms with Gasteiger partial charge in [0.2, 0.25) is 5.78 Å². The zero-order valence-corrected chi connectivity index (χ0v) is 16.4. The Hall–Kier alpha value is -2.80. The molecule has 0 bridgehead atoms. The minimum Gasteiger partial charge on any atom is -0.496 e. The van der Waals surface area contributed by atoms with Crippen molar-refractivity contribution in [3.63, 3.8) is 0 Å². The number of hydrogen-bond donors (Lipinski definition) is 1. The molecular formula is C19H20ClNO6. The first-order chi connectivity index (χ1) is 12.7. The van der Waals surface area contributed by atoms with E-state index in [1.54, 1.807) is 19.9 Å². The van der Waals surface area contributed by atoms with E-state index in [2.05, 4.69) is 4.98 Å². The summed E-state index contributed by atoms with van der Waals surface area (Å²) in [4.78, 5) is 39.9. The Morgan fingerprint density at radius 2 is 1.78 bits per heavy atom. The Morgan fingerprint density at radius 1 is 1.11 bits per heavy atom. The standard InChI is InChI=1S/C19H20ClNO6/c1-9-15(19(24)26-5)10(2)21-16(9)17(22)11(3)27-18(23)13-8-12(20)6-7-14(13)25-4/h6-8,11,21H,1-5H3/t11-/m0/s1. The zero-order valence-electron chi connectivity index (χ0n) is 15.6. The van der Waals surface area contributed by atoms with E-state index in [1.165, 1.54) is 33.3 Å². The molecule has 1 aromatic carbocycles. The highest BCUT2D eigenvalue weighted by atomic mass is 35.5. The van der Waals surface area contributed by atoms with Crippen LogP contribution in [0, 0.1) is 13.8 Å². The van der Waals surface area contributed by atoms with Gasteiger partial charge in [0.05, 0.1) is 25.5 Å². The summed E-state index contributed by atoms with van der Waals surface area (Å²) in [6, 6.07) is 4.51. The number of H-pyrrole nitrogens is 1. The van der Waals surface area contributed by atoms with Gasteiger partial charge in [-0.2, -0.15) is 0 Å². The number of nitrogens with one attached hydrogen (secondary N) is 1. The second kappa shape index (κ2) is 8.26. The van der Waals surface area contributed by atoms with Crippen LogP contribution in [-0.2, 0) is 9.47 Å². The van der Waals surface area contributed by atoms with E-state index in [0.717, 1.165) is 0 Å². The van der Waals surface area contributed by atoms with Gasteiger partial charge >= 0.3 is 11.9 Å². The van der Waals surface area contributed by atoms with Gasteiger partial charge in [-0.1, -0.05) is 11.6 Å². The van der Waals surface area contributed by atoms with E-state index in [9.17, 15) is 14.4 Å². The van der Waals surface area contributed by atoms with Gasteiger partial charge in [-0.15, -0.1) is 0 Å². The molecule has 0 aliphatic rings. The van der Waals surface area contributed by atoms with E-state index >= 15 is 0 Å². The number of methoxy groups -OCH3 is 2. The fourth-order valence-electron chi connectivity index (χ4n) is 2.73. The summed E-state index contributed by atoms with van der Waals surface area (Å²) >= 11 is 5.92. The number of ketones is 1. The quantitative estimate of drug-likeness (QED) is 0.596. The fourth-order valence-corrected chi connectivity index (χ4v) is 2.90. The maximum atomic E-state index is 12.7. The first kappa shape index (κ1) is 20.5. The summed E-state index contributed by atoms with van der Waals surface area (Å²) in [5, 5.41) is 0.334. The number of halogens is 1. The molecule has 144 valence electrons. The molecule has 1 heterocycles. The van der Waals surface area contributed by atoms with Crippen molar-refractivity contribution in [3.05, 3.63) is 51.3 Å². The van der Waals surface area contributed by atoms with Crippen molar-refractivity contribution in [1.29, 1.82) is 0 Å². The molecule has 0 amide bonds. The van der Waals surface area contributed by atoms with Crippen LogP contribution in [0.4, 0.5) is 0 Å². The molecule has 7 nitrogen and oxygen atoms in total. The highest BCUT2D eigenvalue weighted by Crippen LogP contribution is 2.25. The number of benzene rings is 1. The Kier molecular flexibility index (Phi) is 6.28. The third-order valence-corrected chi connectivity index (χ3v) is 4.34. The van der Waals surface area contributed by atoms with Gasteiger partial charge in [-0.25, -0.2) is 9.59 Å². The molecule has 2 aromatic rings. The molecule has 1 atom stereocenters. The van der Waals surface area contributed by atoms with E-state index in [4.69, 9.17) is 25.8 Å². The molecule has 0 unspecified atom stereocenters. The lowest BCUT2D eigenvalue weighted by Crippen LogP contribution is -2.25. The highest BCUT2D eigenvalue weighted by Gasteiger charge is 2.28. The van der Waals surface area contributed by atoms with Crippen LogP contribution in [0.15, 0.2) is 18.2 Å². The summed E-state index contributed by atoms with van der Waals surface area (Å²) in [6.07, 6.45) is -1.09. The Labute approximate surface area is 161 Å². The number of esters is 2. The van der Waals surface area contributed by atoms with Crippen LogP contribution in [0.2, 0.25) is 5.02 Å². The van der Waals surface area contributed by atoms with E-state index < -0.39 is 23.8 Å². The molecule has 0 spiro atoms. The van der Waals surface area contributed by atoms with Gasteiger partial charge in [-0.05, 0) is 44.5 Å². The number of carbonyl (C=O) groups is 3. The maximum absolute atomic E-state index is 12.7. The summed E-state index contributed by atoms with van der Waals surface area (Å²) in [6.45, 7) is 4.73. The van der Waals surface area contributed by atoms with E-state index in [1.807, 2.05) is 0 Å². The van der Waals surface area contributed by atoms with Gasteiger partial charge < -0.3 is 19.2 Å². The molecule has 0 saturated carbocycles. The van der Waals surface area contributed by atoms with Crippen LogP contribution in [0.1, 0.15) is 49.4 Å². The first-order valence-electron chi connectivity index (χ1n) is 8.07. The average molecular weight is 394 g/mol. The van der Waals surface area contributed by atoms with Crippen molar-refractivity contribution in [3.8, 4) is 5.75 Å². The minimum absolute atomic E-state index is 0.110. The van der Waals surface area contributed by atoms with E-state index in [-0.39, 0.29) is 22.6 Å². The van der Waals surface area contributed by atoms with Crippen molar-refractivity contribution in [2.75, 3.05) is 14.2 Å². The van der Waals surface area contributed by atoms with Crippen molar-refractivity contribution in [2.24, 2.45) is 0 Å². The molecular weight excluding hydrogens is 374 g/mol. The molecule has 0 radical (unpaired) electrons. The maximum Gasteiger partial charge on any atom is 0.342 e. The topological polar surface area (TPSA) is 94.7 Å². The Morgan fingerprint density at radius 3 is 2.37 bits per heavy atom. The molecule has 27 heavy (non-hydrogen) atoms. The number of aryl methyl sites for hydroxylation is 1. The van der Waals surface area contributed by atoms with Crippen LogP contribution in [0.3, 0.4) is 0 Å². The summed E-state index contributed by atoms with van der Waals surface area (Å²) in [7, 11) is 2.67. The van der Waals surface area contributed by atoms with Crippen LogP contribution in [0.5, 0.6) is 5.75 Å². The zero-order chi connectivity index (χ0) is 20.3.